The van der Waals surface area contributed by atoms with E-state index in [1.165, 1.54) is 7.11 Å². The van der Waals surface area contributed by atoms with Crippen LogP contribution in [0.1, 0.15) is 35.2 Å². The Morgan fingerprint density at radius 1 is 0.960 bits per heavy atom. The Labute approximate surface area is 146 Å². The number of hydrogen-bond donors (Lipinski definition) is 0. The summed E-state index contributed by atoms with van der Waals surface area (Å²) < 4.78 is 4.85. The number of carbonyl (C=O) groups excluding carboxylic acids is 4. The van der Waals surface area contributed by atoms with Crippen molar-refractivity contribution in [2.75, 3.05) is 7.11 Å². The fraction of sp³-hybridized carbons (Fsp3) is 0.250. The lowest BCUT2D eigenvalue weighted by molar-refractivity contribution is -0.191. The second-order valence-corrected chi connectivity index (χ2v) is 5.41. The van der Waals surface area contributed by atoms with Gasteiger partial charge in [0.15, 0.2) is 5.78 Å². The number of hydrogen-bond acceptors (Lipinski definition) is 5. The molecule has 2 aromatic carbocycles. The van der Waals surface area contributed by atoms with Gasteiger partial charge in [-0.1, -0.05) is 67.6 Å². The van der Waals surface area contributed by atoms with Gasteiger partial charge >= 0.3 is 12.1 Å². The van der Waals surface area contributed by atoms with Crippen molar-refractivity contribution in [3.63, 3.8) is 0 Å². The lowest BCUT2D eigenvalue weighted by Crippen LogP contribution is -2.23. The third-order valence-electron chi connectivity index (χ3n) is 3.91. The molecule has 0 amide bonds. The average Bonchev–Trinajstić information content (AvgIpc) is 2.66. The molecule has 0 spiro atoms. The second-order valence-electron chi connectivity index (χ2n) is 5.41. The first-order valence-corrected chi connectivity index (χ1v) is 7.75. The van der Waals surface area contributed by atoms with Crippen LogP contribution in [0, 0.1) is 5.92 Å². The van der Waals surface area contributed by atoms with Crippen molar-refractivity contribution in [1.82, 2.24) is 0 Å². The molecule has 0 radical (unpaired) electrons. The van der Waals surface area contributed by atoms with Crippen LogP contribution >= 0.6 is 0 Å². The summed E-state index contributed by atoms with van der Waals surface area (Å²) in [5, 5.41) is 0. The van der Waals surface area contributed by atoms with Crippen molar-refractivity contribution < 1.29 is 23.9 Å². The van der Waals surface area contributed by atoms with Crippen LogP contribution in [0.2, 0.25) is 0 Å². The molecular formula is C20H20O5. The molecule has 0 bridgehead atoms. The summed E-state index contributed by atoms with van der Waals surface area (Å²) in [5.74, 6) is -0.832. The minimum absolute atomic E-state index is 0.0326. The Morgan fingerprint density at radius 2 is 1.44 bits per heavy atom. The Kier molecular flexibility index (Phi) is 8.55. The highest BCUT2D eigenvalue weighted by atomic mass is 16.5. The van der Waals surface area contributed by atoms with E-state index in [2.05, 4.69) is 0 Å². The molecular weight excluding hydrogens is 320 g/mol. The number of rotatable bonds is 6. The van der Waals surface area contributed by atoms with Crippen molar-refractivity contribution in [1.29, 1.82) is 0 Å². The van der Waals surface area contributed by atoms with Gasteiger partial charge in [-0.2, -0.15) is 9.59 Å². The van der Waals surface area contributed by atoms with Crippen molar-refractivity contribution in [3.05, 3.63) is 71.8 Å². The van der Waals surface area contributed by atoms with Crippen LogP contribution in [0.3, 0.4) is 0 Å². The van der Waals surface area contributed by atoms with E-state index in [1.54, 1.807) is 12.1 Å². The summed E-state index contributed by atoms with van der Waals surface area (Å²) in [6.45, 7) is 1.81. The molecule has 2 atom stereocenters. The van der Waals surface area contributed by atoms with Gasteiger partial charge in [0.2, 0.25) is 0 Å². The van der Waals surface area contributed by atoms with Crippen molar-refractivity contribution in [3.8, 4) is 0 Å². The minimum atomic E-state index is -0.375. The predicted molar refractivity (Wildman–Crippen MR) is 90.8 cm³/mol. The molecule has 5 heteroatoms. The van der Waals surface area contributed by atoms with Gasteiger partial charge in [-0.25, -0.2) is 0 Å². The zero-order valence-corrected chi connectivity index (χ0v) is 14.2. The first-order chi connectivity index (χ1) is 12.0. The highest BCUT2D eigenvalue weighted by molar-refractivity contribution is 5.96. The van der Waals surface area contributed by atoms with Gasteiger partial charge in [-0.15, -0.1) is 0 Å². The molecule has 0 aliphatic heterocycles. The smallest absolute Gasteiger partial charge is 0.373 e. The SMILES string of the molecule is COC(=O)C(C)[C@H](CC(=O)c1ccccc1)c1ccccc1.O=C=O. The molecule has 0 heterocycles. The molecule has 0 N–H and O–H groups in total. The summed E-state index contributed by atoms with van der Waals surface area (Å²) in [7, 11) is 1.37. The van der Waals surface area contributed by atoms with E-state index in [-0.39, 0.29) is 36.2 Å². The van der Waals surface area contributed by atoms with Gasteiger partial charge in [-0.3, -0.25) is 9.59 Å². The maximum atomic E-state index is 12.5. The van der Waals surface area contributed by atoms with Gasteiger partial charge in [0.1, 0.15) is 0 Å². The summed E-state index contributed by atoms with van der Waals surface area (Å²) in [4.78, 5) is 40.7. The van der Waals surface area contributed by atoms with Crippen molar-refractivity contribution in [2.45, 2.75) is 19.3 Å². The zero-order chi connectivity index (χ0) is 18.7. The average molecular weight is 340 g/mol. The molecule has 0 fully saturated rings. The number of ether oxygens (including phenoxy) is 1. The number of ketones is 1. The molecule has 0 aromatic heterocycles. The number of methoxy groups -OCH3 is 1. The molecule has 25 heavy (non-hydrogen) atoms. The maximum Gasteiger partial charge on any atom is 0.373 e. The Balaban J connectivity index is 0.000000970. The quantitative estimate of drug-likeness (QED) is 0.596. The molecule has 2 rings (SSSR count). The minimum Gasteiger partial charge on any atom is -0.469 e. The Bertz CT molecular complexity index is 703. The summed E-state index contributed by atoms with van der Waals surface area (Å²) in [5.41, 5.74) is 1.64. The van der Waals surface area contributed by atoms with Crippen molar-refractivity contribution >= 4 is 17.9 Å². The third kappa shape index (κ3) is 6.16. The molecule has 1 unspecified atom stereocenters. The molecule has 5 nitrogen and oxygen atoms in total. The molecule has 0 aliphatic carbocycles. The predicted octanol–water partition coefficient (Wildman–Crippen LogP) is 3.27. The summed E-state index contributed by atoms with van der Waals surface area (Å²) in [6, 6.07) is 18.8. The van der Waals surface area contributed by atoms with Gasteiger partial charge in [-0.05, 0) is 5.56 Å². The van der Waals surface area contributed by atoms with Gasteiger partial charge in [0, 0.05) is 17.9 Å². The number of carbonyl (C=O) groups is 2. The van der Waals surface area contributed by atoms with Crippen LogP contribution in [0.25, 0.3) is 0 Å². The lowest BCUT2D eigenvalue weighted by atomic mass is 9.82. The van der Waals surface area contributed by atoms with E-state index >= 15 is 0 Å². The van der Waals surface area contributed by atoms with Crippen LogP contribution in [0.4, 0.5) is 0 Å². The van der Waals surface area contributed by atoms with E-state index in [0.29, 0.717) is 5.56 Å². The van der Waals surface area contributed by atoms with Crippen LogP contribution in [-0.4, -0.2) is 25.0 Å². The molecule has 130 valence electrons. The van der Waals surface area contributed by atoms with Gasteiger partial charge in [0.05, 0.1) is 13.0 Å². The first-order valence-electron chi connectivity index (χ1n) is 7.75. The van der Waals surface area contributed by atoms with E-state index in [4.69, 9.17) is 14.3 Å². The number of benzene rings is 2. The monoisotopic (exact) mass is 340 g/mol. The highest BCUT2D eigenvalue weighted by Crippen LogP contribution is 2.30. The molecule has 0 saturated carbocycles. The highest BCUT2D eigenvalue weighted by Gasteiger charge is 2.28. The maximum absolute atomic E-state index is 12.5. The molecule has 0 saturated heterocycles. The first kappa shape index (κ1) is 20.0. The Morgan fingerprint density at radius 3 is 1.92 bits per heavy atom. The van der Waals surface area contributed by atoms with E-state index in [1.807, 2.05) is 55.5 Å². The van der Waals surface area contributed by atoms with E-state index in [0.717, 1.165) is 5.56 Å². The Hall–Kier alpha value is -3.04. The van der Waals surface area contributed by atoms with Gasteiger partial charge < -0.3 is 4.74 Å². The number of esters is 1. The molecule has 0 aliphatic rings. The second kappa shape index (κ2) is 10.7. The topological polar surface area (TPSA) is 77.5 Å². The summed E-state index contributed by atoms with van der Waals surface area (Å²) in [6.07, 6.45) is 0.532. The van der Waals surface area contributed by atoms with Crippen LogP contribution in [-0.2, 0) is 19.1 Å². The van der Waals surface area contributed by atoms with Crippen molar-refractivity contribution in [2.24, 2.45) is 5.92 Å². The zero-order valence-electron chi connectivity index (χ0n) is 14.2. The third-order valence-corrected chi connectivity index (χ3v) is 3.91. The van der Waals surface area contributed by atoms with Gasteiger partial charge in [0.25, 0.3) is 0 Å². The van der Waals surface area contributed by atoms with Crippen LogP contribution in [0.15, 0.2) is 60.7 Å². The fourth-order valence-corrected chi connectivity index (χ4v) is 2.58. The summed E-state index contributed by atoms with van der Waals surface area (Å²) >= 11 is 0. The largest absolute Gasteiger partial charge is 0.469 e. The normalized spacial score (nSPS) is 11.9. The number of Topliss-reactive ketones (excluding diaryl/α,β-unsaturated/α-hetero) is 1. The fourth-order valence-electron chi connectivity index (χ4n) is 2.58. The van der Waals surface area contributed by atoms with E-state index < -0.39 is 0 Å². The lowest BCUT2D eigenvalue weighted by Gasteiger charge is -2.22. The van der Waals surface area contributed by atoms with Crippen LogP contribution in [0.5, 0.6) is 0 Å². The van der Waals surface area contributed by atoms with E-state index in [9.17, 15) is 9.59 Å². The standard InChI is InChI=1S/C19H20O3.CO2/c1-14(19(21)22-2)17(15-9-5-3-6-10-15)13-18(20)16-11-7-4-8-12-16;2-1-3/h3-12,14,17H,13H2,1-2H3;/t14?,17-;/m0./s1. The van der Waals surface area contributed by atoms with Crippen LogP contribution < -0.4 is 0 Å². The molecule has 2 aromatic rings.